The van der Waals surface area contributed by atoms with Gasteiger partial charge in [-0.3, -0.25) is 0 Å². The van der Waals surface area contributed by atoms with Crippen LogP contribution in [0.3, 0.4) is 0 Å². The molecule has 3 heteroatoms. The van der Waals surface area contributed by atoms with Crippen molar-refractivity contribution in [3.8, 4) is 12.3 Å². The summed E-state index contributed by atoms with van der Waals surface area (Å²) >= 11 is 5.68. The second-order valence-electron chi connectivity index (χ2n) is 2.67. The lowest BCUT2D eigenvalue weighted by Crippen LogP contribution is -2.04. The van der Waals surface area contributed by atoms with E-state index in [0.29, 0.717) is 10.6 Å². The molecule has 0 spiro atoms. The number of carbonyl (C=O) groups is 1. The van der Waals surface area contributed by atoms with Crippen LogP contribution < -0.4 is 0 Å². The van der Waals surface area contributed by atoms with Crippen LogP contribution in [0.1, 0.15) is 10.4 Å². The van der Waals surface area contributed by atoms with Crippen LogP contribution in [0.5, 0.6) is 0 Å². The number of hydrogen-bond acceptors (Lipinski definition) is 2. The molecule has 0 N–H and O–H groups in total. The first-order chi connectivity index (χ1) is 7.24. The van der Waals surface area contributed by atoms with Crippen molar-refractivity contribution in [1.82, 2.24) is 0 Å². The number of allylic oxidation sites excluding steroid dienone is 1. The fourth-order valence-electron chi connectivity index (χ4n) is 0.909. The van der Waals surface area contributed by atoms with Crippen molar-refractivity contribution in [2.45, 2.75) is 0 Å². The highest BCUT2D eigenvalue weighted by atomic mass is 35.5. The van der Waals surface area contributed by atoms with Crippen molar-refractivity contribution in [1.29, 1.82) is 0 Å². The number of esters is 1. The van der Waals surface area contributed by atoms with Gasteiger partial charge in [0.15, 0.2) is 0 Å². The van der Waals surface area contributed by atoms with E-state index in [1.165, 1.54) is 6.08 Å². The average Bonchev–Trinajstić information content (AvgIpc) is 2.25. The summed E-state index contributed by atoms with van der Waals surface area (Å²) < 4.78 is 4.91. The molecule has 0 heterocycles. The summed E-state index contributed by atoms with van der Waals surface area (Å²) in [4.78, 5) is 11.4. The maximum absolute atomic E-state index is 11.4. The van der Waals surface area contributed by atoms with E-state index < -0.39 is 5.97 Å². The molecule has 1 rings (SSSR count). The normalized spacial score (nSPS) is 9.87. The molecule has 0 aromatic heterocycles. The van der Waals surface area contributed by atoms with Crippen LogP contribution in [0.2, 0.25) is 5.02 Å². The van der Waals surface area contributed by atoms with E-state index in [4.69, 9.17) is 22.8 Å². The summed E-state index contributed by atoms with van der Waals surface area (Å²) in [7, 11) is 0. The van der Waals surface area contributed by atoms with Gasteiger partial charge in [0.25, 0.3) is 0 Å². The van der Waals surface area contributed by atoms with Crippen LogP contribution in [0.4, 0.5) is 0 Å². The molecule has 15 heavy (non-hydrogen) atoms. The maximum atomic E-state index is 11.4. The fraction of sp³-hybridized carbons (Fsp3) is 0.0833. The van der Waals surface area contributed by atoms with Gasteiger partial charge in [-0.1, -0.05) is 17.5 Å². The van der Waals surface area contributed by atoms with Gasteiger partial charge in [0, 0.05) is 5.02 Å². The summed E-state index contributed by atoms with van der Waals surface area (Å²) in [6.45, 7) is 0.172. The number of carbonyl (C=O) groups excluding carboxylic acids is 1. The summed E-state index contributed by atoms with van der Waals surface area (Å²) in [6.07, 6.45) is 8.05. The number of rotatable bonds is 3. The number of halogens is 1. The monoisotopic (exact) mass is 220 g/mol. The lowest BCUT2D eigenvalue weighted by molar-refractivity contribution is 0.0549. The molecule has 0 fully saturated rings. The maximum Gasteiger partial charge on any atom is 0.338 e. The van der Waals surface area contributed by atoms with Crippen LogP contribution in [0.15, 0.2) is 36.4 Å². The lowest BCUT2D eigenvalue weighted by Gasteiger charge is -2.01. The number of benzene rings is 1. The van der Waals surface area contributed by atoms with Gasteiger partial charge in [-0.05, 0) is 36.4 Å². The van der Waals surface area contributed by atoms with E-state index in [2.05, 4.69) is 5.92 Å². The van der Waals surface area contributed by atoms with Crippen molar-refractivity contribution < 1.29 is 9.53 Å². The summed E-state index contributed by atoms with van der Waals surface area (Å²) in [5.74, 6) is 1.90. The third kappa shape index (κ3) is 3.88. The van der Waals surface area contributed by atoms with E-state index in [9.17, 15) is 4.79 Å². The Labute approximate surface area is 93.5 Å². The topological polar surface area (TPSA) is 26.3 Å². The second-order valence-corrected chi connectivity index (χ2v) is 3.11. The van der Waals surface area contributed by atoms with E-state index in [-0.39, 0.29) is 6.61 Å². The Morgan fingerprint density at radius 3 is 2.73 bits per heavy atom. The predicted molar refractivity (Wildman–Crippen MR) is 59.7 cm³/mol. The zero-order valence-corrected chi connectivity index (χ0v) is 8.70. The van der Waals surface area contributed by atoms with Gasteiger partial charge in [0.05, 0.1) is 5.56 Å². The Hall–Kier alpha value is -1.72. The van der Waals surface area contributed by atoms with E-state index in [0.717, 1.165) is 0 Å². The highest BCUT2D eigenvalue weighted by Crippen LogP contribution is 2.10. The molecule has 0 unspecified atom stereocenters. The molecular formula is C12H9ClO2. The molecule has 0 aliphatic heterocycles. The average molecular weight is 221 g/mol. The van der Waals surface area contributed by atoms with Gasteiger partial charge in [-0.25, -0.2) is 4.79 Å². The van der Waals surface area contributed by atoms with Crippen molar-refractivity contribution >= 4 is 17.6 Å². The van der Waals surface area contributed by atoms with E-state index in [1.807, 2.05) is 0 Å². The molecule has 0 radical (unpaired) electrons. The number of hydrogen-bond donors (Lipinski definition) is 0. The molecule has 76 valence electrons. The molecule has 0 aliphatic rings. The van der Waals surface area contributed by atoms with Gasteiger partial charge in [0.2, 0.25) is 0 Å². The van der Waals surface area contributed by atoms with Crippen molar-refractivity contribution in [2.75, 3.05) is 6.61 Å². The first kappa shape index (κ1) is 11.4. The third-order valence-corrected chi connectivity index (χ3v) is 1.86. The number of ether oxygens (including phenoxy) is 1. The van der Waals surface area contributed by atoms with Gasteiger partial charge in [0.1, 0.15) is 6.61 Å². The Bertz CT molecular complexity index is 399. The second kappa shape index (κ2) is 5.90. The van der Waals surface area contributed by atoms with Crippen molar-refractivity contribution in [3.05, 3.63) is 47.0 Å². The van der Waals surface area contributed by atoms with Crippen LogP contribution in [-0.2, 0) is 4.74 Å². The number of terminal acetylenes is 1. The van der Waals surface area contributed by atoms with E-state index >= 15 is 0 Å². The van der Waals surface area contributed by atoms with Gasteiger partial charge in [-0.15, -0.1) is 6.42 Å². The summed E-state index contributed by atoms with van der Waals surface area (Å²) in [5, 5.41) is 0.582. The standard InChI is InChI=1S/C12H9ClO2/c1-2-3-4-9-15-12(14)10-5-7-11(13)8-6-10/h1,3-8H,9H2. The molecular weight excluding hydrogens is 212 g/mol. The quantitative estimate of drug-likeness (QED) is 0.578. The largest absolute Gasteiger partial charge is 0.458 e. The molecule has 0 saturated carbocycles. The predicted octanol–water partition coefficient (Wildman–Crippen LogP) is 2.69. The van der Waals surface area contributed by atoms with Gasteiger partial charge >= 0.3 is 5.97 Å². The summed E-state index contributed by atoms with van der Waals surface area (Å²) in [5.41, 5.74) is 0.466. The Morgan fingerprint density at radius 2 is 2.13 bits per heavy atom. The van der Waals surface area contributed by atoms with Crippen LogP contribution >= 0.6 is 11.6 Å². The smallest absolute Gasteiger partial charge is 0.338 e. The molecule has 0 bridgehead atoms. The van der Waals surface area contributed by atoms with Crippen LogP contribution in [-0.4, -0.2) is 12.6 Å². The first-order valence-electron chi connectivity index (χ1n) is 4.28. The minimum absolute atomic E-state index is 0.172. The van der Waals surface area contributed by atoms with Gasteiger partial charge < -0.3 is 4.74 Å². The minimum atomic E-state index is -0.395. The zero-order valence-electron chi connectivity index (χ0n) is 7.94. The SMILES string of the molecule is C#CC=CCOC(=O)c1ccc(Cl)cc1. The Kier molecular flexibility index (Phi) is 4.46. The molecule has 0 saturated heterocycles. The zero-order chi connectivity index (χ0) is 11.1. The molecule has 2 nitrogen and oxygen atoms in total. The molecule has 0 atom stereocenters. The third-order valence-electron chi connectivity index (χ3n) is 1.60. The van der Waals surface area contributed by atoms with Crippen LogP contribution in [0.25, 0.3) is 0 Å². The molecule has 0 amide bonds. The van der Waals surface area contributed by atoms with Crippen LogP contribution in [0, 0.1) is 12.3 Å². The highest BCUT2D eigenvalue weighted by molar-refractivity contribution is 6.30. The molecule has 1 aromatic rings. The summed E-state index contributed by atoms with van der Waals surface area (Å²) in [6, 6.07) is 6.48. The molecule has 0 aliphatic carbocycles. The first-order valence-corrected chi connectivity index (χ1v) is 4.65. The van der Waals surface area contributed by atoms with E-state index in [1.54, 1.807) is 30.3 Å². The minimum Gasteiger partial charge on any atom is -0.458 e. The van der Waals surface area contributed by atoms with Crippen molar-refractivity contribution in [2.24, 2.45) is 0 Å². The van der Waals surface area contributed by atoms with Gasteiger partial charge in [-0.2, -0.15) is 0 Å². The molecule has 1 aromatic carbocycles. The highest BCUT2D eigenvalue weighted by Gasteiger charge is 2.04. The van der Waals surface area contributed by atoms with Crippen molar-refractivity contribution in [3.63, 3.8) is 0 Å². The lowest BCUT2D eigenvalue weighted by atomic mass is 10.2. The Balaban J connectivity index is 2.51. The fourth-order valence-corrected chi connectivity index (χ4v) is 1.04. The Morgan fingerprint density at radius 1 is 1.47 bits per heavy atom.